The minimum Gasteiger partial charge on any atom is -0.379 e. The first kappa shape index (κ1) is 31.1. The number of ether oxygens (including phenoxy) is 1. The molecule has 1 amide bonds. The SMILES string of the molecule is CCn1c2ccccc2c2cc([P@](/C=C3/N(C)c4ccccc4C3(C)C)(=NC(=O)c3ccc([N+](=O)[O-])cc3)N3CCOCC3)ccc21. The van der Waals surface area contributed by atoms with Crippen molar-refractivity contribution < 1.29 is 14.5 Å². The maximum atomic E-state index is 14.3. The van der Waals surface area contributed by atoms with Crippen LogP contribution in [0.5, 0.6) is 0 Å². The molecule has 5 aromatic rings. The number of rotatable bonds is 6. The average molecular weight is 648 g/mol. The van der Waals surface area contributed by atoms with Crippen molar-refractivity contribution in [2.45, 2.75) is 32.7 Å². The van der Waals surface area contributed by atoms with Crippen molar-refractivity contribution in [1.82, 2.24) is 9.24 Å². The second-order valence-corrected chi connectivity index (χ2v) is 15.4. The van der Waals surface area contributed by atoms with Gasteiger partial charge in [-0.1, -0.05) is 50.2 Å². The van der Waals surface area contributed by atoms with Crippen LogP contribution in [0.15, 0.2) is 107 Å². The Labute approximate surface area is 274 Å². The number of hydrogen-bond donors (Lipinski definition) is 0. The first-order valence-corrected chi connectivity index (χ1v) is 17.7. The second-order valence-electron chi connectivity index (χ2n) is 12.6. The lowest BCUT2D eigenvalue weighted by atomic mass is 9.84. The van der Waals surface area contributed by atoms with E-state index in [2.05, 4.69) is 115 Å². The molecule has 0 radical (unpaired) electrons. The number of non-ortho nitro benzene ring substituents is 1. The van der Waals surface area contributed by atoms with Gasteiger partial charge < -0.3 is 14.2 Å². The Hall–Kier alpha value is -4.56. The van der Waals surface area contributed by atoms with Gasteiger partial charge in [0.25, 0.3) is 11.6 Å². The van der Waals surface area contributed by atoms with Gasteiger partial charge in [-0.3, -0.25) is 19.6 Å². The molecule has 0 N–H and O–H groups in total. The molecule has 47 heavy (non-hydrogen) atoms. The van der Waals surface area contributed by atoms with Crippen LogP contribution in [-0.2, 0) is 16.7 Å². The van der Waals surface area contributed by atoms with E-state index < -0.39 is 18.0 Å². The Morgan fingerprint density at radius 3 is 2.34 bits per heavy atom. The van der Waals surface area contributed by atoms with Gasteiger partial charge in [0.2, 0.25) is 0 Å². The Kier molecular flexibility index (Phi) is 7.87. The number of fused-ring (bicyclic) bond motifs is 4. The fraction of sp³-hybridized carbons (Fsp3) is 0.270. The number of nitro groups is 1. The summed E-state index contributed by atoms with van der Waals surface area (Å²) in [5.74, 6) is 1.88. The molecule has 2 aliphatic heterocycles. The van der Waals surface area contributed by atoms with Crippen LogP contribution in [0.25, 0.3) is 21.8 Å². The quantitative estimate of drug-likeness (QED) is 0.106. The van der Waals surface area contributed by atoms with Crippen LogP contribution in [0.1, 0.15) is 36.7 Å². The molecule has 0 bridgehead atoms. The lowest BCUT2D eigenvalue weighted by Gasteiger charge is -2.39. The minimum atomic E-state index is -2.97. The molecule has 10 heteroatoms. The summed E-state index contributed by atoms with van der Waals surface area (Å²) in [5.41, 5.74) is 5.63. The topological polar surface area (TPSA) is 93.2 Å². The number of anilines is 1. The molecule has 1 saturated heterocycles. The number of likely N-dealkylation sites (N-methyl/N-ethyl adjacent to an activating group) is 1. The van der Waals surface area contributed by atoms with Gasteiger partial charge in [-0.25, -0.2) is 4.74 Å². The third-order valence-corrected chi connectivity index (χ3v) is 13.1. The number of morpholine rings is 1. The standard InChI is InChI=1S/C37H38N5O4P/c1-5-41-32-12-8-6-10-29(32)30-24-28(18-19-33(30)41)47(40-20-22-46-23-21-40,38-36(43)26-14-16-27(17-15-26)42(44)45)25-35-37(2,3)31-11-7-9-13-34(31)39(35)4/h6-19,24-25H,5,20-23H2,1-4H3/b35-25+/t47-/m1/s1. The highest BCUT2D eigenvalue weighted by Gasteiger charge is 2.42. The molecule has 7 rings (SSSR count). The first-order chi connectivity index (χ1) is 22.7. The molecular weight excluding hydrogens is 609 g/mol. The van der Waals surface area contributed by atoms with Crippen molar-refractivity contribution in [3.8, 4) is 0 Å². The number of nitro benzene ring substituents is 1. The number of benzene rings is 4. The molecule has 1 fully saturated rings. The van der Waals surface area contributed by atoms with Crippen molar-refractivity contribution in [2.24, 2.45) is 4.74 Å². The molecule has 0 saturated carbocycles. The summed E-state index contributed by atoms with van der Waals surface area (Å²) in [6.45, 7) is 9.73. The average Bonchev–Trinajstić information content (AvgIpc) is 3.52. The Morgan fingerprint density at radius 2 is 1.64 bits per heavy atom. The number of nitrogens with zero attached hydrogens (tertiary/aromatic N) is 5. The summed E-state index contributed by atoms with van der Waals surface area (Å²) in [6, 6.07) is 29.2. The molecule has 0 spiro atoms. The molecule has 3 heterocycles. The molecule has 0 unspecified atom stereocenters. The van der Waals surface area contributed by atoms with Gasteiger partial charge in [0.05, 0.1) is 25.3 Å². The van der Waals surface area contributed by atoms with Crippen molar-refractivity contribution in [3.05, 3.63) is 124 Å². The van der Waals surface area contributed by atoms with Crippen LogP contribution in [0.3, 0.4) is 0 Å². The largest absolute Gasteiger partial charge is 0.379 e. The maximum absolute atomic E-state index is 14.3. The summed E-state index contributed by atoms with van der Waals surface area (Å²) in [5, 5.41) is 14.6. The van der Waals surface area contributed by atoms with Crippen LogP contribution >= 0.6 is 7.21 Å². The van der Waals surface area contributed by atoms with Crippen molar-refractivity contribution in [3.63, 3.8) is 0 Å². The Morgan fingerprint density at radius 1 is 0.957 bits per heavy atom. The monoisotopic (exact) mass is 647 g/mol. The summed E-state index contributed by atoms with van der Waals surface area (Å²) in [7, 11) is -0.884. The smallest absolute Gasteiger partial charge is 0.277 e. The number of aryl methyl sites for hydroxylation is 1. The van der Waals surface area contributed by atoms with E-state index in [0.29, 0.717) is 31.9 Å². The van der Waals surface area contributed by atoms with Crippen LogP contribution in [0.2, 0.25) is 0 Å². The Bertz CT molecular complexity index is 2130. The lowest BCUT2D eigenvalue weighted by molar-refractivity contribution is -0.384. The second kappa shape index (κ2) is 11.9. The van der Waals surface area contributed by atoms with E-state index in [4.69, 9.17) is 9.48 Å². The lowest BCUT2D eigenvalue weighted by Crippen LogP contribution is -2.37. The summed E-state index contributed by atoms with van der Waals surface area (Å²) in [4.78, 5) is 27.5. The van der Waals surface area contributed by atoms with Crippen LogP contribution in [0.4, 0.5) is 11.4 Å². The van der Waals surface area contributed by atoms with E-state index in [1.54, 1.807) is 0 Å². The van der Waals surface area contributed by atoms with E-state index in [-0.39, 0.29) is 11.1 Å². The van der Waals surface area contributed by atoms with E-state index in [0.717, 1.165) is 39.5 Å². The van der Waals surface area contributed by atoms with Gasteiger partial charge >= 0.3 is 0 Å². The van der Waals surface area contributed by atoms with E-state index >= 15 is 0 Å². The molecule has 1 aromatic heterocycles. The molecule has 2 aliphatic rings. The number of aromatic nitrogens is 1. The molecular formula is C37H38N5O4P. The highest BCUT2D eigenvalue weighted by molar-refractivity contribution is 7.75. The minimum absolute atomic E-state index is 0.0669. The summed E-state index contributed by atoms with van der Waals surface area (Å²) in [6.07, 6.45) is 0. The van der Waals surface area contributed by atoms with Crippen molar-refractivity contribution in [1.29, 1.82) is 0 Å². The highest BCUT2D eigenvalue weighted by Crippen LogP contribution is 2.59. The van der Waals surface area contributed by atoms with Gasteiger partial charge in [0, 0.05) is 88.3 Å². The van der Waals surface area contributed by atoms with Crippen LogP contribution in [0, 0.1) is 10.1 Å². The third kappa shape index (κ3) is 5.10. The van der Waals surface area contributed by atoms with Gasteiger partial charge in [-0.05, 0) is 60.8 Å². The molecule has 1 atom stereocenters. The molecule has 240 valence electrons. The van der Waals surface area contributed by atoms with Gasteiger partial charge in [0.15, 0.2) is 0 Å². The fourth-order valence-corrected chi connectivity index (χ4v) is 10.8. The van der Waals surface area contributed by atoms with E-state index in [9.17, 15) is 14.9 Å². The number of amides is 1. The van der Waals surface area contributed by atoms with Gasteiger partial charge in [0.1, 0.15) is 0 Å². The predicted molar refractivity (Wildman–Crippen MR) is 190 cm³/mol. The van der Waals surface area contributed by atoms with E-state index in [1.807, 2.05) is 0 Å². The third-order valence-electron chi connectivity index (χ3n) is 9.68. The van der Waals surface area contributed by atoms with Gasteiger partial charge in [-0.15, -0.1) is 0 Å². The number of carbonyl (C=O) groups is 1. The van der Waals surface area contributed by atoms with Crippen LogP contribution in [-0.4, -0.2) is 53.4 Å². The van der Waals surface area contributed by atoms with Gasteiger partial charge in [-0.2, -0.15) is 0 Å². The zero-order valence-corrected chi connectivity index (χ0v) is 28.0. The first-order valence-electron chi connectivity index (χ1n) is 16.0. The van der Waals surface area contributed by atoms with Crippen molar-refractivity contribution >= 4 is 51.6 Å². The number of para-hydroxylation sites is 2. The predicted octanol–water partition coefficient (Wildman–Crippen LogP) is 7.91. The summed E-state index contributed by atoms with van der Waals surface area (Å²) < 4.78 is 15.8. The van der Waals surface area contributed by atoms with Crippen molar-refractivity contribution in [2.75, 3.05) is 38.3 Å². The number of allylic oxidation sites excluding steroid dienone is 1. The zero-order chi connectivity index (χ0) is 32.9. The number of hydrogen-bond acceptors (Lipinski definition) is 5. The zero-order valence-electron chi connectivity index (χ0n) is 27.1. The maximum Gasteiger partial charge on any atom is 0.277 e. The van der Waals surface area contributed by atoms with E-state index in [1.165, 1.54) is 35.3 Å². The fourth-order valence-electron chi connectivity index (χ4n) is 7.24. The molecule has 4 aromatic carbocycles. The molecule has 0 aliphatic carbocycles. The normalized spacial score (nSPS) is 18.4. The van der Waals surface area contributed by atoms with Crippen LogP contribution < -0.4 is 10.2 Å². The summed E-state index contributed by atoms with van der Waals surface area (Å²) >= 11 is 0. The highest BCUT2D eigenvalue weighted by atomic mass is 31.2. The molecule has 9 nitrogen and oxygen atoms in total. The number of carbonyl (C=O) groups excluding carboxylic acids is 1. The Balaban J connectivity index is 1.54.